The van der Waals surface area contributed by atoms with Gasteiger partial charge in [-0.2, -0.15) is 10.2 Å². The normalized spacial score (nSPS) is 31.2. The molecule has 2 fully saturated rings. The van der Waals surface area contributed by atoms with Crippen LogP contribution in [0.1, 0.15) is 42.3 Å². The van der Waals surface area contributed by atoms with Gasteiger partial charge in [-0.15, -0.1) is 0 Å². The van der Waals surface area contributed by atoms with E-state index < -0.39 is 0 Å². The number of hydrogen-bond donors (Lipinski definition) is 3. The minimum absolute atomic E-state index is 0.370. The monoisotopic (exact) mass is 355 g/mol. The van der Waals surface area contributed by atoms with E-state index in [4.69, 9.17) is 0 Å². The van der Waals surface area contributed by atoms with Gasteiger partial charge in [0.05, 0.1) is 29.5 Å². The molecule has 5 atom stereocenters. The number of aromatic nitrogens is 4. The minimum atomic E-state index is 0.370. The van der Waals surface area contributed by atoms with Crippen molar-refractivity contribution in [2.45, 2.75) is 31.2 Å². The third-order valence-corrected chi connectivity index (χ3v) is 7.50. The van der Waals surface area contributed by atoms with E-state index in [1.165, 1.54) is 46.8 Å². The van der Waals surface area contributed by atoms with Crippen LogP contribution in [0.5, 0.6) is 0 Å². The molecule has 3 aliphatic rings. The molecule has 27 heavy (non-hydrogen) atoms. The number of nitrogens with one attached hydrogen (secondary N) is 3. The average molecular weight is 355 g/mol. The maximum atomic E-state index is 4.33. The van der Waals surface area contributed by atoms with Crippen molar-refractivity contribution in [1.82, 2.24) is 20.4 Å². The lowest BCUT2D eigenvalue weighted by Crippen LogP contribution is -2.35. The Labute approximate surface area is 156 Å². The van der Waals surface area contributed by atoms with Gasteiger partial charge in [0.2, 0.25) is 0 Å². The Balaban J connectivity index is 1.44. The molecule has 0 radical (unpaired) electrons. The highest BCUT2D eigenvalue weighted by atomic mass is 15.1. The zero-order chi connectivity index (χ0) is 17.5. The predicted molar refractivity (Wildman–Crippen MR) is 106 cm³/mol. The molecule has 0 amide bonds. The molecular formula is C22H21N5. The Morgan fingerprint density at radius 3 is 2.78 bits per heavy atom. The molecular weight excluding hydrogens is 334 g/mol. The Morgan fingerprint density at radius 1 is 0.889 bits per heavy atom. The molecule has 0 saturated heterocycles. The zero-order valence-corrected chi connectivity index (χ0v) is 14.9. The largest absolute Gasteiger partial charge is 0.378 e. The maximum Gasteiger partial charge on any atom is 0.0654 e. The second-order valence-electron chi connectivity index (χ2n) is 8.63. The van der Waals surface area contributed by atoms with Gasteiger partial charge < -0.3 is 5.32 Å². The molecule has 7 rings (SSSR count). The zero-order valence-electron chi connectivity index (χ0n) is 14.9. The lowest BCUT2D eigenvalue weighted by Gasteiger charge is -2.43. The molecule has 4 aromatic rings. The molecule has 2 bridgehead atoms. The third-order valence-electron chi connectivity index (χ3n) is 7.50. The molecule has 0 spiro atoms. The highest BCUT2D eigenvalue weighted by Crippen LogP contribution is 2.64. The van der Waals surface area contributed by atoms with Gasteiger partial charge >= 0.3 is 0 Å². The fraction of sp³-hybridized carbons (Fsp3) is 0.364. The first kappa shape index (κ1) is 14.3. The number of aromatic amines is 2. The summed E-state index contributed by atoms with van der Waals surface area (Å²) in [7, 11) is 0. The van der Waals surface area contributed by atoms with Crippen LogP contribution >= 0.6 is 0 Å². The Hall–Kier alpha value is -2.82. The van der Waals surface area contributed by atoms with Gasteiger partial charge in [0.25, 0.3) is 0 Å². The van der Waals surface area contributed by atoms with Crippen LogP contribution < -0.4 is 5.32 Å². The first-order chi connectivity index (χ1) is 13.4. The molecule has 1 unspecified atom stereocenters. The number of benzene rings is 2. The fourth-order valence-corrected chi connectivity index (χ4v) is 6.49. The van der Waals surface area contributed by atoms with Crippen LogP contribution in [0.2, 0.25) is 0 Å². The maximum absolute atomic E-state index is 4.33. The lowest BCUT2D eigenvalue weighted by atomic mass is 9.67. The van der Waals surface area contributed by atoms with Gasteiger partial charge in [-0.1, -0.05) is 12.1 Å². The van der Waals surface area contributed by atoms with Crippen LogP contribution in [0.25, 0.3) is 21.8 Å². The fourth-order valence-electron chi connectivity index (χ4n) is 6.49. The van der Waals surface area contributed by atoms with Crippen molar-refractivity contribution in [3.63, 3.8) is 0 Å². The highest BCUT2D eigenvalue weighted by Gasteiger charge is 2.54. The second kappa shape index (κ2) is 4.91. The number of rotatable bonds is 1. The highest BCUT2D eigenvalue weighted by molar-refractivity contribution is 5.89. The van der Waals surface area contributed by atoms with Crippen molar-refractivity contribution in [3.8, 4) is 0 Å². The standard InChI is InChI=1S/C22H21N5/c1-2-12-7-11(1)19-20(12)22(13-3-4-14-9-23-27-18(14)8-13)25-17-6-5-16-15(21(17)19)10-24-26-16/h3-6,8-12,19-20,22,25H,1-2,7H2,(H,23,27)(H,24,26)/t11?,12-,19-,20+,22-/m0/s1. The van der Waals surface area contributed by atoms with Crippen molar-refractivity contribution >= 4 is 27.5 Å². The van der Waals surface area contributed by atoms with Gasteiger partial charge in [-0.25, -0.2) is 0 Å². The third kappa shape index (κ3) is 1.79. The first-order valence-corrected chi connectivity index (χ1v) is 10.0. The molecule has 5 heteroatoms. The summed E-state index contributed by atoms with van der Waals surface area (Å²) in [6.07, 6.45) is 8.07. The first-order valence-electron chi connectivity index (χ1n) is 10.0. The summed E-state index contributed by atoms with van der Waals surface area (Å²) in [5.74, 6) is 2.95. The quantitative estimate of drug-likeness (QED) is 0.462. The molecule has 2 aromatic carbocycles. The number of hydrogen-bond acceptors (Lipinski definition) is 3. The van der Waals surface area contributed by atoms with Gasteiger partial charge in [0, 0.05) is 16.5 Å². The van der Waals surface area contributed by atoms with Crippen LogP contribution in [0.3, 0.4) is 0 Å². The van der Waals surface area contributed by atoms with Gasteiger partial charge in [0.1, 0.15) is 0 Å². The van der Waals surface area contributed by atoms with E-state index >= 15 is 0 Å². The van der Waals surface area contributed by atoms with Crippen molar-refractivity contribution in [2.75, 3.05) is 5.32 Å². The summed E-state index contributed by atoms with van der Waals surface area (Å²) in [5, 5.41) is 21.3. The van der Waals surface area contributed by atoms with Crippen molar-refractivity contribution < 1.29 is 0 Å². The van der Waals surface area contributed by atoms with Crippen molar-refractivity contribution in [2.24, 2.45) is 17.8 Å². The molecule has 3 heterocycles. The summed E-state index contributed by atoms with van der Waals surface area (Å²) in [5.41, 5.74) is 6.48. The summed E-state index contributed by atoms with van der Waals surface area (Å²) in [4.78, 5) is 0. The van der Waals surface area contributed by atoms with Gasteiger partial charge in [-0.05, 0) is 72.3 Å². The summed E-state index contributed by atoms with van der Waals surface area (Å²) in [6, 6.07) is 11.6. The molecule has 3 N–H and O–H groups in total. The van der Waals surface area contributed by atoms with Crippen LogP contribution in [-0.2, 0) is 0 Å². The summed E-state index contributed by atoms with van der Waals surface area (Å²) in [6.45, 7) is 0. The molecule has 2 aromatic heterocycles. The van der Waals surface area contributed by atoms with Crippen LogP contribution in [0.15, 0.2) is 42.7 Å². The average Bonchev–Trinajstić information content (AvgIpc) is 3.49. The summed E-state index contributed by atoms with van der Waals surface area (Å²) < 4.78 is 0. The van der Waals surface area contributed by atoms with Gasteiger partial charge in [0.15, 0.2) is 0 Å². The molecule has 5 nitrogen and oxygen atoms in total. The molecule has 2 saturated carbocycles. The Morgan fingerprint density at radius 2 is 1.78 bits per heavy atom. The van der Waals surface area contributed by atoms with E-state index in [0.29, 0.717) is 17.9 Å². The molecule has 1 aliphatic heterocycles. The number of nitrogens with zero attached hydrogens (tertiary/aromatic N) is 2. The van der Waals surface area contributed by atoms with E-state index in [9.17, 15) is 0 Å². The predicted octanol–water partition coefficient (Wildman–Crippen LogP) is 4.74. The lowest BCUT2D eigenvalue weighted by molar-refractivity contribution is 0.249. The summed E-state index contributed by atoms with van der Waals surface area (Å²) >= 11 is 0. The number of anilines is 1. The molecule has 134 valence electrons. The number of H-pyrrole nitrogens is 2. The van der Waals surface area contributed by atoms with Gasteiger partial charge in [-0.3, -0.25) is 10.2 Å². The van der Waals surface area contributed by atoms with Crippen LogP contribution in [0, 0.1) is 17.8 Å². The minimum Gasteiger partial charge on any atom is -0.378 e. The molecule has 2 aliphatic carbocycles. The number of fused-ring (bicyclic) bond motifs is 10. The Kier molecular flexibility index (Phi) is 2.60. The SMILES string of the molecule is c1cc2cn[nH]c2cc1[C@@H]1Nc2ccc3[nH]ncc3c2[C@H]2C3CC[C@@H](C3)[C@@H]12. The van der Waals surface area contributed by atoms with Crippen molar-refractivity contribution in [1.29, 1.82) is 0 Å². The van der Waals surface area contributed by atoms with Crippen LogP contribution in [-0.4, -0.2) is 20.4 Å². The van der Waals surface area contributed by atoms with Crippen molar-refractivity contribution in [3.05, 3.63) is 53.9 Å². The second-order valence-corrected chi connectivity index (χ2v) is 8.63. The van der Waals surface area contributed by atoms with E-state index in [0.717, 1.165) is 22.9 Å². The van der Waals surface area contributed by atoms with E-state index in [-0.39, 0.29) is 0 Å². The smallest absolute Gasteiger partial charge is 0.0654 e. The van der Waals surface area contributed by atoms with E-state index in [2.05, 4.69) is 56.0 Å². The van der Waals surface area contributed by atoms with Crippen LogP contribution in [0.4, 0.5) is 5.69 Å². The topological polar surface area (TPSA) is 69.4 Å². The Bertz CT molecular complexity index is 1190. The van der Waals surface area contributed by atoms with E-state index in [1.54, 1.807) is 0 Å². The van der Waals surface area contributed by atoms with E-state index in [1.807, 2.05) is 12.4 Å².